The minimum atomic E-state index is -0.145. The number of hydrogen-bond donors (Lipinski definition) is 0. The smallest absolute Gasteiger partial charge is 0.143 e. The molecule has 0 amide bonds. The molecule has 55 heavy (non-hydrogen) atoms. The number of fused-ring (bicyclic) bond motifs is 9. The third-order valence-electron chi connectivity index (χ3n) is 11.8. The predicted octanol–water partition coefficient (Wildman–Crippen LogP) is 15.0. The van der Waals surface area contributed by atoms with Crippen molar-refractivity contribution >= 4 is 60.5 Å². The van der Waals surface area contributed by atoms with Crippen LogP contribution in [0.1, 0.15) is 25.0 Å². The van der Waals surface area contributed by atoms with Crippen LogP contribution in [0.4, 0.5) is 17.1 Å². The fraction of sp³-hybridized carbons (Fsp3) is 0.0566. The molecule has 0 radical (unpaired) electrons. The minimum absolute atomic E-state index is 0.145. The average Bonchev–Trinajstić information content (AvgIpc) is 3.73. The van der Waals surface area contributed by atoms with Crippen molar-refractivity contribution in [3.63, 3.8) is 0 Å². The standard InChI is InChI=1S/C53H37NO/c1-53(2)47-19-11-10-18-44(47)45-29-27-42(33-48(45)53)54(41-25-22-36(23-26-41)34-12-4-3-5-13-34)49-31-40(39-21-20-35-14-6-7-16-38(35)30-39)32-50-51(49)46-28-24-37-15-8-9-17-43(37)52(46)55-50/h3-33H,1-2H3. The van der Waals surface area contributed by atoms with Gasteiger partial charge in [-0.3, -0.25) is 0 Å². The number of hydrogen-bond acceptors (Lipinski definition) is 2. The third-order valence-corrected chi connectivity index (χ3v) is 11.8. The second-order valence-corrected chi connectivity index (χ2v) is 15.3. The average molecular weight is 704 g/mol. The molecule has 260 valence electrons. The molecule has 0 fully saturated rings. The van der Waals surface area contributed by atoms with E-state index in [1.54, 1.807) is 0 Å². The maximum absolute atomic E-state index is 6.98. The first-order chi connectivity index (χ1) is 27.0. The van der Waals surface area contributed by atoms with Crippen LogP contribution < -0.4 is 4.90 Å². The van der Waals surface area contributed by atoms with Gasteiger partial charge in [-0.25, -0.2) is 0 Å². The summed E-state index contributed by atoms with van der Waals surface area (Å²) in [6.07, 6.45) is 0. The first kappa shape index (κ1) is 31.6. The van der Waals surface area contributed by atoms with E-state index >= 15 is 0 Å². The van der Waals surface area contributed by atoms with Crippen LogP contribution >= 0.6 is 0 Å². The Morgan fingerprint density at radius 2 is 1.07 bits per heavy atom. The van der Waals surface area contributed by atoms with Crippen molar-refractivity contribution < 1.29 is 4.42 Å². The highest BCUT2D eigenvalue weighted by Gasteiger charge is 2.36. The molecule has 0 unspecified atom stereocenters. The summed E-state index contributed by atoms with van der Waals surface area (Å²) >= 11 is 0. The molecule has 1 aliphatic rings. The van der Waals surface area contributed by atoms with Gasteiger partial charge in [0.05, 0.1) is 11.1 Å². The van der Waals surface area contributed by atoms with Gasteiger partial charge in [-0.15, -0.1) is 0 Å². The summed E-state index contributed by atoms with van der Waals surface area (Å²) in [5.41, 5.74) is 14.9. The fourth-order valence-corrected chi connectivity index (χ4v) is 9.02. The molecule has 2 heteroatoms. The van der Waals surface area contributed by atoms with Crippen LogP contribution in [0.3, 0.4) is 0 Å². The number of benzene rings is 9. The number of rotatable bonds is 5. The second-order valence-electron chi connectivity index (χ2n) is 15.3. The molecule has 2 nitrogen and oxygen atoms in total. The summed E-state index contributed by atoms with van der Waals surface area (Å²) in [4.78, 5) is 2.45. The lowest BCUT2D eigenvalue weighted by Gasteiger charge is -2.29. The molecule has 0 atom stereocenters. The summed E-state index contributed by atoms with van der Waals surface area (Å²) in [5, 5.41) is 6.93. The van der Waals surface area contributed by atoms with Crippen molar-refractivity contribution in [2.75, 3.05) is 4.90 Å². The molecule has 9 aromatic carbocycles. The Morgan fingerprint density at radius 3 is 1.93 bits per heavy atom. The van der Waals surface area contributed by atoms with Gasteiger partial charge in [0.25, 0.3) is 0 Å². The summed E-state index contributed by atoms with van der Waals surface area (Å²) in [7, 11) is 0. The van der Waals surface area contributed by atoms with Gasteiger partial charge in [-0.05, 0) is 109 Å². The van der Waals surface area contributed by atoms with Gasteiger partial charge in [-0.1, -0.05) is 153 Å². The van der Waals surface area contributed by atoms with Crippen LogP contribution in [0.15, 0.2) is 192 Å². The Labute approximate surface area is 320 Å². The third kappa shape index (κ3) is 4.95. The van der Waals surface area contributed by atoms with E-state index in [1.165, 1.54) is 49.5 Å². The summed E-state index contributed by atoms with van der Waals surface area (Å²) in [6, 6.07) is 68.5. The summed E-state index contributed by atoms with van der Waals surface area (Å²) in [6.45, 7) is 4.71. The van der Waals surface area contributed by atoms with Crippen LogP contribution in [0.25, 0.3) is 76.9 Å². The molecule has 0 N–H and O–H groups in total. The maximum Gasteiger partial charge on any atom is 0.143 e. The SMILES string of the molecule is CC1(C)c2ccccc2-c2ccc(N(c3ccc(-c4ccccc4)cc3)c3cc(-c4ccc5ccccc5c4)cc4oc5c6ccccc6ccc5c34)cc21. The van der Waals surface area contributed by atoms with E-state index in [9.17, 15) is 0 Å². The first-order valence-corrected chi connectivity index (χ1v) is 19.1. The van der Waals surface area contributed by atoms with E-state index in [0.717, 1.165) is 55.5 Å². The molecule has 0 aliphatic heterocycles. The first-order valence-electron chi connectivity index (χ1n) is 19.1. The van der Waals surface area contributed by atoms with E-state index in [0.29, 0.717) is 0 Å². The fourth-order valence-electron chi connectivity index (χ4n) is 9.02. The molecule has 10 aromatic rings. The number of furan rings is 1. The monoisotopic (exact) mass is 703 g/mol. The van der Waals surface area contributed by atoms with Gasteiger partial charge >= 0.3 is 0 Å². The largest absolute Gasteiger partial charge is 0.455 e. The summed E-state index contributed by atoms with van der Waals surface area (Å²) < 4.78 is 6.98. The van der Waals surface area contributed by atoms with Crippen LogP contribution in [0.5, 0.6) is 0 Å². The van der Waals surface area contributed by atoms with E-state index in [2.05, 4.69) is 207 Å². The number of nitrogens with zero attached hydrogens (tertiary/aromatic N) is 1. The van der Waals surface area contributed by atoms with Crippen molar-refractivity contribution in [3.05, 3.63) is 199 Å². The summed E-state index contributed by atoms with van der Waals surface area (Å²) in [5.74, 6) is 0. The van der Waals surface area contributed by atoms with E-state index in [1.807, 2.05) is 0 Å². The minimum Gasteiger partial charge on any atom is -0.455 e. The highest BCUT2D eigenvalue weighted by atomic mass is 16.3. The molecule has 1 heterocycles. The predicted molar refractivity (Wildman–Crippen MR) is 232 cm³/mol. The van der Waals surface area contributed by atoms with Crippen LogP contribution in [0, 0.1) is 0 Å². The molecule has 1 aliphatic carbocycles. The van der Waals surface area contributed by atoms with Crippen molar-refractivity contribution in [2.45, 2.75) is 19.3 Å². The Balaban J connectivity index is 1.21. The van der Waals surface area contributed by atoms with Gasteiger partial charge in [0, 0.05) is 27.6 Å². The van der Waals surface area contributed by atoms with E-state index < -0.39 is 0 Å². The van der Waals surface area contributed by atoms with Gasteiger partial charge in [0.2, 0.25) is 0 Å². The quantitative estimate of drug-likeness (QED) is 0.177. The zero-order chi connectivity index (χ0) is 36.7. The molecule has 0 saturated carbocycles. The van der Waals surface area contributed by atoms with Crippen molar-refractivity contribution in [2.24, 2.45) is 0 Å². The molecule has 1 aromatic heterocycles. The lowest BCUT2D eigenvalue weighted by Crippen LogP contribution is -2.16. The van der Waals surface area contributed by atoms with E-state index in [4.69, 9.17) is 4.42 Å². The van der Waals surface area contributed by atoms with Crippen LogP contribution in [-0.4, -0.2) is 0 Å². The van der Waals surface area contributed by atoms with Gasteiger partial charge in [0.1, 0.15) is 11.2 Å². The van der Waals surface area contributed by atoms with Gasteiger partial charge < -0.3 is 9.32 Å². The van der Waals surface area contributed by atoms with Gasteiger partial charge in [0.15, 0.2) is 0 Å². The Hall–Kier alpha value is -6.90. The molecule has 0 bridgehead atoms. The normalized spacial score (nSPS) is 13.1. The Kier molecular flexibility index (Phi) is 6.93. The zero-order valence-electron chi connectivity index (χ0n) is 30.8. The van der Waals surface area contributed by atoms with Gasteiger partial charge in [-0.2, -0.15) is 0 Å². The Bertz CT molecular complexity index is 3110. The van der Waals surface area contributed by atoms with E-state index in [-0.39, 0.29) is 5.41 Å². The molecule has 0 spiro atoms. The second kappa shape index (κ2) is 12.1. The molecular formula is C53H37NO. The molecule has 11 rings (SSSR count). The van der Waals surface area contributed by atoms with Crippen molar-refractivity contribution in [1.29, 1.82) is 0 Å². The topological polar surface area (TPSA) is 16.4 Å². The maximum atomic E-state index is 6.98. The molecular weight excluding hydrogens is 667 g/mol. The van der Waals surface area contributed by atoms with Crippen molar-refractivity contribution in [3.8, 4) is 33.4 Å². The highest BCUT2D eigenvalue weighted by Crippen LogP contribution is 2.52. The lowest BCUT2D eigenvalue weighted by atomic mass is 9.82. The van der Waals surface area contributed by atoms with Crippen LogP contribution in [0.2, 0.25) is 0 Å². The number of anilines is 3. The van der Waals surface area contributed by atoms with Crippen LogP contribution in [-0.2, 0) is 5.41 Å². The zero-order valence-corrected chi connectivity index (χ0v) is 30.8. The van der Waals surface area contributed by atoms with Crippen molar-refractivity contribution in [1.82, 2.24) is 0 Å². The molecule has 0 saturated heterocycles. The Morgan fingerprint density at radius 1 is 0.418 bits per heavy atom. The lowest BCUT2D eigenvalue weighted by molar-refractivity contribution is 0.660. The highest BCUT2D eigenvalue weighted by molar-refractivity contribution is 6.20.